The Bertz CT molecular complexity index is 812. The third-order valence-electron chi connectivity index (χ3n) is 3.08. The van der Waals surface area contributed by atoms with E-state index < -0.39 is 21.5 Å². The number of carbonyl (C=O) groups excluding carboxylic acids is 1. The van der Waals surface area contributed by atoms with Crippen molar-refractivity contribution in [3.05, 3.63) is 47.6 Å². The van der Waals surface area contributed by atoms with E-state index in [1.54, 1.807) is 12.1 Å². The predicted octanol–water partition coefficient (Wildman–Crippen LogP) is 2.43. The summed E-state index contributed by atoms with van der Waals surface area (Å²) in [5, 5.41) is 2.93. The number of hydrogen-bond acceptors (Lipinski definition) is 5. The molecule has 9 heteroatoms. The van der Waals surface area contributed by atoms with Crippen LogP contribution in [0.1, 0.15) is 26.5 Å². The summed E-state index contributed by atoms with van der Waals surface area (Å²) >= 11 is 5.71. The first-order valence-corrected chi connectivity index (χ1v) is 9.35. The van der Waals surface area contributed by atoms with Crippen molar-refractivity contribution in [2.45, 2.75) is 37.8 Å². The van der Waals surface area contributed by atoms with E-state index in [1.165, 1.54) is 18.4 Å². The Morgan fingerprint density at radius 2 is 2.04 bits per heavy atom. The third kappa shape index (κ3) is 5.55. The van der Waals surface area contributed by atoms with E-state index in [0.717, 1.165) is 10.5 Å². The van der Waals surface area contributed by atoms with Crippen LogP contribution in [0, 0.1) is 0 Å². The van der Waals surface area contributed by atoms with Gasteiger partial charge in [0.05, 0.1) is 19.4 Å². The molecule has 136 valence electrons. The SMILES string of the molecule is CC(C)(C)NC(=O)CN(Cc1ccco1)S(=O)(=O)c1ccc(Cl)nc1. The summed E-state index contributed by atoms with van der Waals surface area (Å²) in [5.41, 5.74) is -0.473. The van der Waals surface area contributed by atoms with Gasteiger partial charge >= 0.3 is 0 Å². The van der Waals surface area contributed by atoms with E-state index in [4.69, 9.17) is 16.0 Å². The van der Waals surface area contributed by atoms with Gasteiger partial charge in [0, 0.05) is 11.7 Å². The highest BCUT2D eigenvalue weighted by molar-refractivity contribution is 7.89. The second-order valence-corrected chi connectivity index (χ2v) is 8.79. The van der Waals surface area contributed by atoms with E-state index in [0.29, 0.717) is 5.76 Å². The van der Waals surface area contributed by atoms with E-state index in [9.17, 15) is 13.2 Å². The first-order valence-electron chi connectivity index (χ1n) is 7.53. The number of amides is 1. The Hall–Kier alpha value is -1.90. The fourth-order valence-electron chi connectivity index (χ4n) is 2.08. The van der Waals surface area contributed by atoms with Crippen LogP contribution in [0.5, 0.6) is 0 Å². The molecule has 0 atom stereocenters. The number of halogens is 1. The normalized spacial score (nSPS) is 12.4. The zero-order chi connectivity index (χ0) is 18.7. The number of nitrogens with one attached hydrogen (secondary N) is 1. The van der Waals surface area contributed by atoms with Crippen LogP contribution in [0.3, 0.4) is 0 Å². The van der Waals surface area contributed by atoms with Crippen LogP contribution in [0.4, 0.5) is 0 Å². The van der Waals surface area contributed by atoms with Crippen LogP contribution in [-0.4, -0.2) is 35.7 Å². The Balaban J connectivity index is 2.29. The van der Waals surface area contributed by atoms with Crippen molar-refractivity contribution in [1.82, 2.24) is 14.6 Å². The maximum Gasteiger partial charge on any atom is 0.245 e. The van der Waals surface area contributed by atoms with Gasteiger partial charge in [0.15, 0.2) is 0 Å². The predicted molar refractivity (Wildman–Crippen MR) is 93.4 cm³/mol. The van der Waals surface area contributed by atoms with Gasteiger partial charge in [-0.15, -0.1) is 0 Å². The summed E-state index contributed by atoms with van der Waals surface area (Å²) in [6, 6.07) is 6.03. The topological polar surface area (TPSA) is 92.5 Å². The molecule has 0 aliphatic rings. The summed E-state index contributed by atoms with van der Waals surface area (Å²) in [4.78, 5) is 16.0. The van der Waals surface area contributed by atoms with Crippen LogP contribution < -0.4 is 5.32 Å². The fraction of sp³-hybridized carbons (Fsp3) is 0.375. The lowest BCUT2D eigenvalue weighted by Gasteiger charge is -2.25. The second kappa shape index (κ2) is 7.55. The van der Waals surface area contributed by atoms with Gasteiger partial charge in [-0.2, -0.15) is 4.31 Å². The van der Waals surface area contributed by atoms with E-state index >= 15 is 0 Å². The van der Waals surface area contributed by atoms with Gasteiger partial charge in [0.1, 0.15) is 15.8 Å². The molecule has 25 heavy (non-hydrogen) atoms. The van der Waals surface area contributed by atoms with Gasteiger partial charge in [-0.1, -0.05) is 11.6 Å². The minimum Gasteiger partial charge on any atom is -0.468 e. The van der Waals surface area contributed by atoms with Crippen molar-refractivity contribution in [3.8, 4) is 0 Å². The molecule has 0 saturated heterocycles. The van der Waals surface area contributed by atoms with Gasteiger partial charge in [0.25, 0.3) is 0 Å². The maximum atomic E-state index is 12.9. The van der Waals surface area contributed by atoms with Crippen LogP contribution in [-0.2, 0) is 21.4 Å². The lowest BCUT2D eigenvalue weighted by atomic mass is 10.1. The first kappa shape index (κ1) is 19.4. The molecule has 0 fully saturated rings. The maximum absolute atomic E-state index is 12.9. The molecule has 0 unspecified atom stereocenters. The summed E-state index contributed by atoms with van der Waals surface area (Å²) in [6.45, 7) is 5.04. The number of furan rings is 1. The van der Waals surface area contributed by atoms with Gasteiger partial charge in [-0.3, -0.25) is 4.79 Å². The van der Waals surface area contributed by atoms with Crippen molar-refractivity contribution in [1.29, 1.82) is 0 Å². The zero-order valence-electron chi connectivity index (χ0n) is 14.2. The smallest absolute Gasteiger partial charge is 0.245 e. The Morgan fingerprint density at radius 3 is 2.56 bits per heavy atom. The number of hydrogen-bond donors (Lipinski definition) is 1. The second-order valence-electron chi connectivity index (χ2n) is 6.47. The van der Waals surface area contributed by atoms with Crippen LogP contribution in [0.2, 0.25) is 5.15 Å². The zero-order valence-corrected chi connectivity index (χ0v) is 15.8. The minimum atomic E-state index is -3.95. The summed E-state index contributed by atoms with van der Waals surface area (Å²) in [5.74, 6) is 0.0126. The van der Waals surface area contributed by atoms with E-state index in [1.807, 2.05) is 20.8 Å². The van der Waals surface area contributed by atoms with Crippen LogP contribution in [0.25, 0.3) is 0 Å². The first-order chi connectivity index (χ1) is 11.6. The molecule has 2 aromatic rings. The monoisotopic (exact) mass is 385 g/mol. The summed E-state index contributed by atoms with van der Waals surface area (Å²) < 4.78 is 32.0. The van der Waals surface area contributed by atoms with Crippen molar-refractivity contribution in [2.75, 3.05) is 6.54 Å². The van der Waals surface area contributed by atoms with Crippen molar-refractivity contribution in [3.63, 3.8) is 0 Å². The number of aromatic nitrogens is 1. The lowest BCUT2D eigenvalue weighted by molar-refractivity contribution is -0.122. The number of pyridine rings is 1. The standard InChI is InChI=1S/C16H20ClN3O4S/c1-16(2,3)19-15(21)11-20(10-12-5-4-8-24-12)25(22,23)13-6-7-14(17)18-9-13/h4-9H,10-11H2,1-3H3,(H,19,21). The Morgan fingerprint density at radius 1 is 1.32 bits per heavy atom. The van der Waals surface area contributed by atoms with Gasteiger partial charge < -0.3 is 9.73 Å². The quantitative estimate of drug-likeness (QED) is 0.771. The molecule has 0 aliphatic heterocycles. The summed E-state index contributed by atoms with van der Waals surface area (Å²) in [7, 11) is -3.95. The fourth-order valence-corrected chi connectivity index (χ4v) is 3.50. The van der Waals surface area contributed by atoms with Gasteiger partial charge in [0.2, 0.25) is 15.9 Å². The highest BCUT2D eigenvalue weighted by atomic mass is 35.5. The van der Waals surface area contributed by atoms with Crippen molar-refractivity contribution in [2.24, 2.45) is 0 Å². The van der Waals surface area contributed by atoms with Crippen LogP contribution >= 0.6 is 11.6 Å². The molecule has 1 N–H and O–H groups in total. The molecule has 0 aromatic carbocycles. The Kier molecular flexibility index (Phi) is 5.87. The van der Waals surface area contributed by atoms with E-state index in [2.05, 4.69) is 10.3 Å². The average Bonchev–Trinajstić information content (AvgIpc) is 2.98. The van der Waals surface area contributed by atoms with Crippen molar-refractivity contribution < 1.29 is 17.6 Å². The molecule has 0 radical (unpaired) electrons. The van der Waals surface area contributed by atoms with Gasteiger partial charge in [-0.05, 0) is 45.0 Å². The largest absolute Gasteiger partial charge is 0.468 e. The average molecular weight is 386 g/mol. The number of carbonyl (C=O) groups is 1. The molecule has 0 aliphatic carbocycles. The Labute approximate surface area is 152 Å². The molecular weight excluding hydrogens is 366 g/mol. The lowest BCUT2D eigenvalue weighted by Crippen LogP contribution is -2.47. The van der Waals surface area contributed by atoms with Gasteiger partial charge in [-0.25, -0.2) is 13.4 Å². The molecule has 2 aromatic heterocycles. The molecule has 1 amide bonds. The minimum absolute atomic E-state index is 0.0491. The molecule has 2 rings (SSSR count). The number of rotatable bonds is 6. The van der Waals surface area contributed by atoms with Crippen LogP contribution in [0.15, 0.2) is 46.0 Å². The van der Waals surface area contributed by atoms with E-state index in [-0.39, 0.29) is 23.1 Å². The molecular formula is C16H20ClN3O4S. The molecule has 7 nitrogen and oxygen atoms in total. The molecule has 0 spiro atoms. The third-order valence-corrected chi connectivity index (χ3v) is 5.08. The number of nitrogens with zero attached hydrogens (tertiary/aromatic N) is 2. The number of sulfonamides is 1. The van der Waals surface area contributed by atoms with Crippen molar-refractivity contribution >= 4 is 27.5 Å². The molecule has 2 heterocycles. The highest BCUT2D eigenvalue weighted by Crippen LogP contribution is 2.19. The summed E-state index contributed by atoms with van der Waals surface area (Å²) in [6.07, 6.45) is 2.60. The molecule has 0 bridgehead atoms. The highest BCUT2D eigenvalue weighted by Gasteiger charge is 2.29. The molecule has 0 saturated carbocycles.